The second-order valence-electron chi connectivity index (χ2n) is 4.41. The van der Waals surface area contributed by atoms with Crippen LogP contribution in [0.3, 0.4) is 0 Å². The van der Waals surface area contributed by atoms with Crippen LogP contribution in [0.2, 0.25) is 0 Å². The van der Waals surface area contributed by atoms with Crippen LogP contribution in [0.4, 0.5) is 0 Å². The first-order valence-corrected chi connectivity index (χ1v) is 6.21. The first kappa shape index (κ1) is 7.15. The number of pyridine rings is 2. The maximum atomic E-state index is 8.12. The van der Waals surface area contributed by atoms with Crippen LogP contribution in [0.15, 0.2) is 72.8 Å². The molecule has 0 atom stereocenters. The van der Waals surface area contributed by atoms with Crippen molar-refractivity contribution < 1.29 is 6.85 Å². The van der Waals surface area contributed by atoms with Crippen molar-refractivity contribution in [1.29, 1.82) is 0 Å². The van der Waals surface area contributed by atoms with E-state index >= 15 is 0 Å². The predicted octanol–water partition coefficient (Wildman–Crippen LogP) is 4.45. The van der Waals surface area contributed by atoms with Crippen molar-refractivity contribution in [2.24, 2.45) is 0 Å². The molecule has 2 heteroatoms. The molecule has 2 heterocycles. The Bertz CT molecular complexity index is 1130. The molecule has 0 aliphatic heterocycles. The van der Waals surface area contributed by atoms with Gasteiger partial charge >= 0.3 is 0 Å². The molecule has 4 aromatic rings. The van der Waals surface area contributed by atoms with Gasteiger partial charge in [0.15, 0.2) is 0 Å². The maximum Gasteiger partial charge on any atom is 0.0972 e. The average molecular weight is 261 g/mol. The summed E-state index contributed by atoms with van der Waals surface area (Å²) in [6.45, 7) is 0. The zero-order valence-corrected chi connectivity index (χ0v) is 10.4. The molecule has 0 unspecified atom stereocenters. The summed E-state index contributed by atoms with van der Waals surface area (Å²) in [6.07, 6.45) is 1.68. The van der Waals surface area contributed by atoms with Crippen LogP contribution in [0.25, 0.3) is 33.1 Å². The number of hydrogen-bond donors (Lipinski definition) is 0. The molecular weight excluding hydrogens is 244 g/mol. The van der Waals surface area contributed by atoms with Crippen molar-refractivity contribution in [3.05, 3.63) is 72.8 Å². The summed E-state index contributed by atoms with van der Waals surface area (Å²) in [5.41, 5.74) is 1.79. The predicted molar refractivity (Wildman–Crippen MR) is 82.5 cm³/mol. The molecule has 0 spiro atoms. The molecule has 0 aliphatic carbocycles. The number of benzene rings is 2. The Balaban J connectivity index is 2.08. The molecule has 20 heavy (non-hydrogen) atoms. The lowest BCUT2D eigenvalue weighted by atomic mass is 10.1. The first-order valence-electron chi connectivity index (χ1n) is 8.71. The Hall–Kier alpha value is -2.74. The van der Waals surface area contributed by atoms with E-state index in [1.807, 2.05) is 30.3 Å². The molecule has 0 amide bonds. The number of aromatic nitrogens is 2. The minimum atomic E-state index is -0.411. The molecule has 94 valence electrons. The third kappa shape index (κ3) is 1.74. The fourth-order valence-corrected chi connectivity index (χ4v) is 2.24. The van der Waals surface area contributed by atoms with Crippen molar-refractivity contribution >= 4 is 21.8 Å². The molecule has 4 rings (SSSR count). The highest BCUT2D eigenvalue weighted by atomic mass is 14.7. The Morgan fingerprint density at radius 1 is 0.800 bits per heavy atom. The van der Waals surface area contributed by atoms with Gasteiger partial charge in [-0.15, -0.1) is 0 Å². The summed E-state index contributed by atoms with van der Waals surface area (Å²) in [6, 6.07) is 9.49. The van der Waals surface area contributed by atoms with Crippen LogP contribution in [-0.2, 0) is 0 Å². The molecule has 0 aliphatic rings. The molecule has 0 saturated heterocycles. The van der Waals surface area contributed by atoms with E-state index in [2.05, 4.69) is 9.97 Å². The van der Waals surface area contributed by atoms with E-state index in [4.69, 9.17) is 6.85 Å². The highest BCUT2D eigenvalue weighted by Gasteiger charge is 2.05. The molecule has 0 fully saturated rings. The second-order valence-corrected chi connectivity index (χ2v) is 4.41. The smallest absolute Gasteiger partial charge is 0.0972 e. The highest BCUT2D eigenvalue weighted by Crippen LogP contribution is 2.25. The summed E-state index contributed by atoms with van der Waals surface area (Å²) in [5.74, 6) is 0. The molecular formula is C18H12N2. The van der Waals surface area contributed by atoms with E-state index in [1.54, 1.807) is 12.3 Å². The van der Waals surface area contributed by atoms with Gasteiger partial charge in [-0.2, -0.15) is 0 Å². The maximum absolute atomic E-state index is 8.12. The Kier molecular flexibility index (Phi) is 1.58. The van der Waals surface area contributed by atoms with Crippen molar-refractivity contribution in [3.63, 3.8) is 0 Å². The average Bonchev–Trinajstić information content (AvgIpc) is 2.65. The summed E-state index contributed by atoms with van der Waals surface area (Å²) in [4.78, 5) is 8.95. The minimum absolute atomic E-state index is 0.0980. The number of fused-ring (bicyclic) bond motifs is 3. The lowest BCUT2D eigenvalue weighted by Crippen LogP contribution is -1.88. The molecule has 0 bridgehead atoms. The minimum Gasteiger partial charge on any atom is -0.254 e. The van der Waals surface area contributed by atoms with Crippen LogP contribution >= 0.6 is 0 Å². The molecule has 0 saturated carbocycles. The van der Waals surface area contributed by atoms with E-state index in [1.165, 1.54) is 0 Å². The largest absolute Gasteiger partial charge is 0.254 e. The van der Waals surface area contributed by atoms with E-state index in [9.17, 15) is 0 Å². The van der Waals surface area contributed by atoms with Crippen LogP contribution in [0, 0.1) is 0 Å². The number of nitrogens with zero attached hydrogens (tertiary/aromatic N) is 2. The van der Waals surface area contributed by atoms with Crippen molar-refractivity contribution in [3.8, 4) is 11.3 Å². The van der Waals surface area contributed by atoms with Gasteiger partial charge in [0.2, 0.25) is 0 Å². The van der Waals surface area contributed by atoms with Gasteiger partial charge in [0.1, 0.15) is 0 Å². The van der Waals surface area contributed by atoms with E-state index in [0.717, 1.165) is 10.8 Å². The van der Waals surface area contributed by atoms with Gasteiger partial charge in [-0.3, -0.25) is 4.98 Å². The summed E-state index contributed by atoms with van der Waals surface area (Å²) >= 11 is 0. The van der Waals surface area contributed by atoms with E-state index < -0.39 is 6.04 Å². The fraction of sp³-hybridized carbons (Fsp3) is 0. The summed E-state index contributed by atoms with van der Waals surface area (Å²) in [7, 11) is 0. The van der Waals surface area contributed by atoms with Gasteiger partial charge < -0.3 is 0 Å². The number of hydrogen-bond acceptors (Lipinski definition) is 2. The standard InChI is InChI=1S/C18H12N2/c1-2-5-13(6-3-1)16-11-10-15-9-8-14-7-4-12-19-17(14)18(15)20-16/h1-12H/i1D,2D,3D,5D,6D. The van der Waals surface area contributed by atoms with E-state index in [0.29, 0.717) is 16.7 Å². The van der Waals surface area contributed by atoms with Crippen molar-refractivity contribution in [1.82, 2.24) is 9.97 Å². The highest BCUT2D eigenvalue weighted by molar-refractivity contribution is 6.03. The van der Waals surface area contributed by atoms with Crippen molar-refractivity contribution in [2.75, 3.05) is 0 Å². The molecule has 0 radical (unpaired) electrons. The van der Waals surface area contributed by atoms with Gasteiger partial charge in [-0.1, -0.05) is 54.5 Å². The van der Waals surface area contributed by atoms with Gasteiger partial charge in [-0.05, 0) is 12.1 Å². The van der Waals surface area contributed by atoms with Crippen LogP contribution in [-0.4, -0.2) is 9.97 Å². The monoisotopic (exact) mass is 261 g/mol. The quantitative estimate of drug-likeness (QED) is 0.473. The molecule has 2 aromatic carbocycles. The Morgan fingerprint density at radius 3 is 2.40 bits per heavy atom. The van der Waals surface area contributed by atoms with E-state index in [-0.39, 0.29) is 29.7 Å². The zero-order valence-electron chi connectivity index (χ0n) is 15.4. The lowest BCUT2D eigenvalue weighted by molar-refractivity contribution is 1.37. The van der Waals surface area contributed by atoms with Crippen LogP contribution < -0.4 is 0 Å². The summed E-state index contributed by atoms with van der Waals surface area (Å²) in [5, 5.41) is 1.81. The topological polar surface area (TPSA) is 25.8 Å². The lowest BCUT2D eigenvalue weighted by Gasteiger charge is -2.05. The number of rotatable bonds is 1. The fourth-order valence-electron chi connectivity index (χ4n) is 2.24. The normalized spacial score (nSPS) is 14.5. The van der Waals surface area contributed by atoms with Gasteiger partial charge in [-0.25, -0.2) is 4.98 Å². The molecule has 2 aromatic heterocycles. The van der Waals surface area contributed by atoms with Gasteiger partial charge in [0, 0.05) is 22.5 Å². The third-order valence-electron chi connectivity index (χ3n) is 3.19. The molecule has 0 N–H and O–H groups in total. The SMILES string of the molecule is [2H]c1c([2H])c([2H])c(-c2ccc3ccc4cccnc4c3n2)c([2H])c1[2H]. The third-order valence-corrected chi connectivity index (χ3v) is 3.19. The van der Waals surface area contributed by atoms with Gasteiger partial charge in [0.25, 0.3) is 0 Å². The van der Waals surface area contributed by atoms with Crippen molar-refractivity contribution in [2.45, 2.75) is 0 Å². The molecule has 2 nitrogen and oxygen atoms in total. The zero-order chi connectivity index (χ0) is 17.7. The Morgan fingerprint density at radius 2 is 1.55 bits per heavy atom. The summed E-state index contributed by atoms with van der Waals surface area (Å²) < 4.78 is 39.6. The van der Waals surface area contributed by atoms with Crippen LogP contribution in [0.5, 0.6) is 0 Å². The van der Waals surface area contributed by atoms with Gasteiger partial charge in [0.05, 0.1) is 23.6 Å². The first-order chi connectivity index (χ1) is 12.0. The second kappa shape index (κ2) is 4.42. The van der Waals surface area contributed by atoms with Crippen LogP contribution in [0.1, 0.15) is 6.85 Å². The Labute approximate surface area is 123 Å².